The molecule has 21 heavy (non-hydrogen) atoms. The minimum absolute atomic E-state index is 0.0703. The first-order valence-corrected chi connectivity index (χ1v) is 7.25. The highest BCUT2D eigenvalue weighted by atomic mass is 16.2. The SMILES string of the molecule is Cc1cc(C(=O)NCCCC(=O)NC2CC2)ccc1NN. The van der Waals surface area contributed by atoms with Crippen molar-refractivity contribution in [1.82, 2.24) is 10.6 Å². The molecule has 5 N–H and O–H groups in total. The topological polar surface area (TPSA) is 96.2 Å². The molecule has 0 bridgehead atoms. The highest BCUT2D eigenvalue weighted by Crippen LogP contribution is 2.18. The lowest BCUT2D eigenvalue weighted by atomic mass is 10.1. The van der Waals surface area contributed by atoms with Gasteiger partial charge in [-0.25, -0.2) is 0 Å². The van der Waals surface area contributed by atoms with Crippen molar-refractivity contribution < 1.29 is 9.59 Å². The number of benzene rings is 1. The summed E-state index contributed by atoms with van der Waals surface area (Å²) >= 11 is 0. The second kappa shape index (κ2) is 7.08. The van der Waals surface area contributed by atoms with Gasteiger partial charge in [0.15, 0.2) is 0 Å². The first-order chi connectivity index (χ1) is 10.1. The van der Waals surface area contributed by atoms with Crippen LogP contribution in [0.25, 0.3) is 0 Å². The maximum Gasteiger partial charge on any atom is 0.251 e. The van der Waals surface area contributed by atoms with Gasteiger partial charge >= 0.3 is 0 Å². The summed E-state index contributed by atoms with van der Waals surface area (Å²) in [6, 6.07) is 5.67. The predicted octanol–water partition coefficient (Wildman–Crippen LogP) is 1.07. The van der Waals surface area contributed by atoms with Gasteiger partial charge in [-0.3, -0.25) is 15.4 Å². The zero-order valence-corrected chi connectivity index (χ0v) is 12.2. The van der Waals surface area contributed by atoms with E-state index in [0.717, 1.165) is 24.1 Å². The average molecular weight is 290 g/mol. The zero-order valence-electron chi connectivity index (χ0n) is 12.2. The van der Waals surface area contributed by atoms with Crippen LogP contribution in [0.5, 0.6) is 0 Å². The monoisotopic (exact) mass is 290 g/mol. The van der Waals surface area contributed by atoms with E-state index in [-0.39, 0.29) is 11.8 Å². The van der Waals surface area contributed by atoms with Crippen molar-refractivity contribution in [2.75, 3.05) is 12.0 Å². The van der Waals surface area contributed by atoms with E-state index in [4.69, 9.17) is 5.84 Å². The molecule has 0 radical (unpaired) electrons. The molecule has 114 valence electrons. The molecule has 1 aromatic rings. The van der Waals surface area contributed by atoms with Crippen LogP contribution in [-0.2, 0) is 4.79 Å². The largest absolute Gasteiger partial charge is 0.353 e. The highest BCUT2D eigenvalue weighted by Gasteiger charge is 2.22. The maximum atomic E-state index is 12.0. The van der Waals surface area contributed by atoms with E-state index in [9.17, 15) is 9.59 Å². The summed E-state index contributed by atoms with van der Waals surface area (Å²) in [7, 11) is 0. The van der Waals surface area contributed by atoms with E-state index in [2.05, 4.69) is 16.1 Å². The first kappa shape index (κ1) is 15.3. The van der Waals surface area contributed by atoms with Gasteiger partial charge in [0.1, 0.15) is 0 Å². The minimum Gasteiger partial charge on any atom is -0.353 e. The quantitative estimate of drug-likeness (QED) is 0.343. The summed E-state index contributed by atoms with van der Waals surface area (Å²) in [5.41, 5.74) is 4.87. The highest BCUT2D eigenvalue weighted by molar-refractivity contribution is 5.94. The number of anilines is 1. The Morgan fingerprint density at radius 3 is 2.71 bits per heavy atom. The number of nitrogens with one attached hydrogen (secondary N) is 3. The second-order valence-electron chi connectivity index (χ2n) is 5.38. The molecule has 0 aliphatic heterocycles. The molecule has 0 saturated heterocycles. The van der Waals surface area contributed by atoms with Gasteiger partial charge in [0.05, 0.1) is 5.69 Å². The molecule has 1 saturated carbocycles. The Labute approximate surface area is 124 Å². The predicted molar refractivity (Wildman–Crippen MR) is 81.7 cm³/mol. The summed E-state index contributed by atoms with van der Waals surface area (Å²) < 4.78 is 0. The second-order valence-corrected chi connectivity index (χ2v) is 5.38. The van der Waals surface area contributed by atoms with E-state index in [1.807, 2.05) is 6.92 Å². The molecular weight excluding hydrogens is 268 g/mol. The molecule has 0 aromatic heterocycles. The minimum atomic E-state index is -0.135. The molecule has 0 unspecified atom stereocenters. The van der Waals surface area contributed by atoms with Crippen LogP contribution in [-0.4, -0.2) is 24.4 Å². The third kappa shape index (κ3) is 4.75. The molecule has 6 heteroatoms. The van der Waals surface area contributed by atoms with Crippen molar-refractivity contribution in [3.63, 3.8) is 0 Å². The van der Waals surface area contributed by atoms with Crippen molar-refractivity contribution in [1.29, 1.82) is 0 Å². The third-order valence-electron chi connectivity index (χ3n) is 3.45. The fraction of sp³-hybridized carbons (Fsp3) is 0.467. The van der Waals surface area contributed by atoms with Gasteiger partial charge in [-0.1, -0.05) is 0 Å². The normalized spacial score (nSPS) is 13.6. The Morgan fingerprint density at radius 2 is 2.10 bits per heavy atom. The standard InChI is InChI=1S/C15H22N4O2/c1-10-9-11(4-7-13(10)19-16)15(21)17-8-2-3-14(20)18-12-5-6-12/h4,7,9,12,19H,2-3,5-6,8,16H2,1H3,(H,17,21)(H,18,20). The third-order valence-corrected chi connectivity index (χ3v) is 3.45. The number of rotatable bonds is 7. The number of nitrogen functional groups attached to an aromatic ring is 1. The molecular formula is C15H22N4O2. The number of hydrogen-bond donors (Lipinski definition) is 4. The Hall–Kier alpha value is -2.08. The molecule has 6 nitrogen and oxygen atoms in total. The van der Waals surface area contributed by atoms with Crippen molar-refractivity contribution in [2.24, 2.45) is 5.84 Å². The summed E-state index contributed by atoms with van der Waals surface area (Å²) in [6.45, 7) is 2.38. The molecule has 1 aromatic carbocycles. The molecule has 1 aliphatic rings. The molecule has 0 atom stereocenters. The molecule has 0 heterocycles. The van der Waals surface area contributed by atoms with Crippen LogP contribution in [0.3, 0.4) is 0 Å². The van der Waals surface area contributed by atoms with Gasteiger partial charge in [-0.2, -0.15) is 0 Å². The maximum absolute atomic E-state index is 12.0. The van der Waals surface area contributed by atoms with Crippen LogP contribution in [0.4, 0.5) is 5.69 Å². The number of carbonyl (C=O) groups is 2. The van der Waals surface area contributed by atoms with Crippen LogP contribution in [0.2, 0.25) is 0 Å². The average Bonchev–Trinajstić information content (AvgIpc) is 3.27. The van der Waals surface area contributed by atoms with Crippen LogP contribution in [0.15, 0.2) is 18.2 Å². The first-order valence-electron chi connectivity index (χ1n) is 7.25. The lowest BCUT2D eigenvalue weighted by Crippen LogP contribution is -2.28. The van der Waals surface area contributed by atoms with Gasteiger partial charge in [-0.15, -0.1) is 0 Å². The summed E-state index contributed by atoms with van der Waals surface area (Å²) in [5.74, 6) is 5.29. The van der Waals surface area contributed by atoms with E-state index in [0.29, 0.717) is 31.0 Å². The summed E-state index contributed by atoms with van der Waals surface area (Å²) in [6.07, 6.45) is 3.28. The van der Waals surface area contributed by atoms with Gasteiger partial charge < -0.3 is 16.1 Å². The van der Waals surface area contributed by atoms with Crippen LogP contribution in [0, 0.1) is 6.92 Å². The lowest BCUT2D eigenvalue weighted by molar-refractivity contribution is -0.121. The Morgan fingerprint density at radius 1 is 1.33 bits per heavy atom. The number of carbonyl (C=O) groups excluding carboxylic acids is 2. The van der Waals surface area contributed by atoms with Crippen LogP contribution >= 0.6 is 0 Å². The number of nitrogens with two attached hydrogens (primary N) is 1. The van der Waals surface area contributed by atoms with Gasteiger partial charge in [0.25, 0.3) is 5.91 Å². The van der Waals surface area contributed by atoms with E-state index >= 15 is 0 Å². The molecule has 2 amide bonds. The Bertz CT molecular complexity index is 526. The summed E-state index contributed by atoms with van der Waals surface area (Å²) in [4.78, 5) is 23.4. The van der Waals surface area contributed by atoms with Crippen molar-refractivity contribution in [3.05, 3.63) is 29.3 Å². The zero-order chi connectivity index (χ0) is 15.2. The van der Waals surface area contributed by atoms with Crippen molar-refractivity contribution >= 4 is 17.5 Å². The smallest absolute Gasteiger partial charge is 0.251 e. The van der Waals surface area contributed by atoms with E-state index in [1.54, 1.807) is 18.2 Å². The molecule has 1 aliphatic carbocycles. The van der Waals surface area contributed by atoms with E-state index in [1.165, 1.54) is 0 Å². The molecule has 1 fully saturated rings. The Balaban J connectivity index is 1.71. The molecule has 0 spiro atoms. The van der Waals surface area contributed by atoms with Crippen LogP contribution < -0.4 is 21.9 Å². The number of hydrazine groups is 1. The Kier molecular flexibility index (Phi) is 5.16. The van der Waals surface area contributed by atoms with Gasteiger partial charge in [0, 0.05) is 24.6 Å². The fourth-order valence-corrected chi connectivity index (χ4v) is 2.05. The number of aryl methyl sites for hydroxylation is 1. The summed E-state index contributed by atoms with van der Waals surface area (Å²) in [5, 5.41) is 5.74. The number of hydrogen-bond acceptors (Lipinski definition) is 4. The van der Waals surface area contributed by atoms with Crippen molar-refractivity contribution in [2.45, 2.75) is 38.6 Å². The lowest BCUT2D eigenvalue weighted by Gasteiger charge is -2.09. The molecule has 2 rings (SSSR count). The van der Waals surface area contributed by atoms with Crippen molar-refractivity contribution in [3.8, 4) is 0 Å². The van der Waals surface area contributed by atoms with Gasteiger partial charge in [-0.05, 0) is 49.9 Å². The van der Waals surface area contributed by atoms with Crippen LogP contribution in [0.1, 0.15) is 41.6 Å². The van der Waals surface area contributed by atoms with Gasteiger partial charge in [0.2, 0.25) is 5.91 Å². The van der Waals surface area contributed by atoms with E-state index < -0.39 is 0 Å². The number of amides is 2. The fourth-order valence-electron chi connectivity index (χ4n) is 2.05.